The average Bonchev–Trinajstić information content (AvgIpc) is 2.56. The highest BCUT2D eigenvalue weighted by molar-refractivity contribution is 6.35. The molecule has 0 amide bonds. The molecule has 0 atom stereocenters. The molecule has 0 unspecified atom stereocenters. The van der Waals surface area contributed by atoms with E-state index in [0.717, 1.165) is 17.4 Å². The Bertz CT molecular complexity index is 447. The Morgan fingerprint density at radius 3 is 2.92 bits per heavy atom. The fourth-order valence-electron chi connectivity index (χ4n) is 1.52. The minimum absolute atomic E-state index is 0.251. The van der Waals surface area contributed by atoms with Crippen LogP contribution in [0.3, 0.4) is 0 Å². The van der Waals surface area contributed by atoms with Gasteiger partial charge in [-0.05, 0) is 24.1 Å². The number of aryl methyl sites for hydroxylation is 1. The summed E-state index contributed by atoms with van der Waals surface area (Å²) in [5, 5.41) is 1.42. The molecular formula is C10H9ClFN. The van der Waals surface area contributed by atoms with Crippen LogP contribution in [0, 0.1) is 5.82 Å². The molecule has 0 aliphatic heterocycles. The Morgan fingerprint density at radius 2 is 2.23 bits per heavy atom. The summed E-state index contributed by atoms with van der Waals surface area (Å²) >= 11 is 5.97. The molecule has 0 spiro atoms. The molecule has 1 N–H and O–H groups in total. The second kappa shape index (κ2) is 3.04. The number of rotatable bonds is 1. The lowest BCUT2D eigenvalue weighted by molar-refractivity contribution is 0.637. The molecule has 0 aliphatic rings. The van der Waals surface area contributed by atoms with Crippen LogP contribution in [0.4, 0.5) is 4.39 Å². The van der Waals surface area contributed by atoms with Gasteiger partial charge >= 0.3 is 0 Å². The number of benzene rings is 1. The molecule has 3 heteroatoms. The summed E-state index contributed by atoms with van der Waals surface area (Å²) in [5.41, 5.74) is 1.56. The zero-order valence-electron chi connectivity index (χ0n) is 7.20. The first-order valence-corrected chi connectivity index (χ1v) is 4.55. The maximum Gasteiger partial charge on any atom is 0.147 e. The number of H-pyrrole nitrogens is 1. The molecule has 68 valence electrons. The standard InChI is InChI=1S/C10H9ClFN/c1-2-6-5-13-10-8(12)4-3-7(11)9(6)10/h3-5,13H,2H2,1H3. The second-order valence-corrected chi connectivity index (χ2v) is 3.35. The summed E-state index contributed by atoms with van der Waals surface area (Å²) < 4.78 is 13.2. The van der Waals surface area contributed by atoms with Crippen LogP contribution in [-0.2, 0) is 6.42 Å². The van der Waals surface area contributed by atoms with E-state index in [0.29, 0.717) is 10.5 Å². The smallest absolute Gasteiger partial charge is 0.147 e. The van der Waals surface area contributed by atoms with Gasteiger partial charge in [0.05, 0.1) is 10.5 Å². The lowest BCUT2D eigenvalue weighted by Gasteiger charge is -1.97. The highest BCUT2D eigenvalue weighted by atomic mass is 35.5. The van der Waals surface area contributed by atoms with Crippen LogP contribution in [0.5, 0.6) is 0 Å². The van der Waals surface area contributed by atoms with Crippen LogP contribution in [0.1, 0.15) is 12.5 Å². The Kier molecular flexibility index (Phi) is 2.00. The Morgan fingerprint density at radius 1 is 1.46 bits per heavy atom. The Balaban J connectivity index is 2.87. The van der Waals surface area contributed by atoms with E-state index in [1.807, 2.05) is 6.92 Å². The maximum atomic E-state index is 13.2. The molecule has 13 heavy (non-hydrogen) atoms. The van der Waals surface area contributed by atoms with Gasteiger partial charge in [0.25, 0.3) is 0 Å². The van der Waals surface area contributed by atoms with Crippen LogP contribution in [-0.4, -0.2) is 4.98 Å². The van der Waals surface area contributed by atoms with Gasteiger partial charge in [0.1, 0.15) is 5.82 Å². The molecule has 0 radical (unpaired) electrons. The summed E-state index contributed by atoms with van der Waals surface area (Å²) in [6, 6.07) is 2.97. The maximum absolute atomic E-state index is 13.2. The van der Waals surface area contributed by atoms with E-state index in [2.05, 4.69) is 4.98 Å². The van der Waals surface area contributed by atoms with Crippen molar-refractivity contribution in [3.63, 3.8) is 0 Å². The topological polar surface area (TPSA) is 15.8 Å². The van der Waals surface area contributed by atoms with Gasteiger partial charge in [-0.3, -0.25) is 0 Å². The molecule has 0 aliphatic carbocycles. The molecule has 1 aromatic carbocycles. The van der Waals surface area contributed by atoms with Crippen molar-refractivity contribution in [1.82, 2.24) is 4.98 Å². The molecule has 1 nitrogen and oxygen atoms in total. The zero-order chi connectivity index (χ0) is 9.42. The highest BCUT2D eigenvalue weighted by Crippen LogP contribution is 2.28. The number of aromatic nitrogens is 1. The second-order valence-electron chi connectivity index (χ2n) is 2.95. The Hall–Kier alpha value is -1.02. The van der Waals surface area contributed by atoms with Gasteiger partial charge in [0.15, 0.2) is 0 Å². The van der Waals surface area contributed by atoms with Gasteiger partial charge in [-0.25, -0.2) is 4.39 Å². The van der Waals surface area contributed by atoms with Crippen molar-refractivity contribution in [3.05, 3.63) is 34.7 Å². The lowest BCUT2D eigenvalue weighted by Crippen LogP contribution is -1.80. The molecule has 0 saturated carbocycles. The molecule has 0 bridgehead atoms. The van der Waals surface area contributed by atoms with Gasteiger partial charge in [0, 0.05) is 11.6 Å². The summed E-state index contributed by atoms with van der Waals surface area (Å²) in [6.07, 6.45) is 2.66. The van der Waals surface area contributed by atoms with Gasteiger partial charge in [-0.1, -0.05) is 18.5 Å². The third-order valence-corrected chi connectivity index (χ3v) is 2.51. The van der Waals surface area contributed by atoms with Crippen molar-refractivity contribution >= 4 is 22.5 Å². The van der Waals surface area contributed by atoms with Gasteiger partial charge in [0.2, 0.25) is 0 Å². The number of halogens is 2. The fourth-order valence-corrected chi connectivity index (χ4v) is 1.80. The van der Waals surface area contributed by atoms with E-state index in [4.69, 9.17) is 11.6 Å². The van der Waals surface area contributed by atoms with E-state index in [1.165, 1.54) is 6.07 Å². The lowest BCUT2D eigenvalue weighted by atomic mass is 10.1. The van der Waals surface area contributed by atoms with Gasteiger partial charge < -0.3 is 4.98 Å². The van der Waals surface area contributed by atoms with Crippen LogP contribution in [0.15, 0.2) is 18.3 Å². The number of hydrogen-bond donors (Lipinski definition) is 1. The molecule has 1 aromatic heterocycles. The first kappa shape index (κ1) is 8.57. The minimum atomic E-state index is -0.251. The van der Waals surface area contributed by atoms with E-state index < -0.39 is 0 Å². The molecule has 0 fully saturated rings. The van der Waals surface area contributed by atoms with Crippen molar-refractivity contribution in [2.45, 2.75) is 13.3 Å². The van der Waals surface area contributed by atoms with Crippen LogP contribution in [0.25, 0.3) is 10.9 Å². The number of hydrogen-bond acceptors (Lipinski definition) is 0. The molecule has 2 aromatic rings. The SMILES string of the molecule is CCc1c[nH]c2c(F)ccc(Cl)c12. The first-order valence-electron chi connectivity index (χ1n) is 4.18. The van der Waals surface area contributed by atoms with Crippen LogP contribution < -0.4 is 0 Å². The summed E-state index contributed by atoms with van der Waals surface area (Å²) in [7, 11) is 0. The highest BCUT2D eigenvalue weighted by Gasteiger charge is 2.09. The quantitative estimate of drug-likeness (QED) is 0.720. The van der Waals surface area contributed by atoms with Crippen LogP contribution >= 0.6 is 11.6 Å². The first-order chi connectivity index (χ1) is 6.24. The Labute approximate surface area is 80.5 Å². The third-order valence-electron chi connectivity index (χ3n) is 2.20. The number of nitrogens with one attached hydrogen (secondary N) is 1. The number of aromatic amines is 1. The molecule has 2 rings (SSSR count). The molecule has 1 heterocycles. The average molecular weight is 198 g/mol. The third kappa shape index (κ3) is 1.22. The van der Waals surface area contributed by atoms with Crippen LogP contribution in [0.2, 0.25) is 5.02 Å². The zero-order valence-corrected chi connectivity index (χ0v) is 7.95. The fraction of sp³-hybridized carbons (Fsp3) is 0.200. The van der Waals surface area contributed by atoms with E-state index in [9.17, 15) is 4.39 Å². The van der Waals surface area contributed by atoms with E-state index in [1.54, 1.807) is 12.3 Å². The van der Waals surface area contributed by atoms with E-state index >= 15 is 0 Å². The van der Waals surface area contributed by atoms with Crippen molar-refractivity contribution in [3.8, 4) is 0 Å². The number of fused-ring (bicyclic) bond motifs is 1. The largest absolute Gasteiger partial charge is 0.358 e. The predicted molar refractivity (Wildman–Crippen MR) is 52.6 cm³/mol. The van der Waals surface area contributed by atoms with Crippen molar-refractivity contribution in [2.24, 2.45) is 0 Å². The normalized spacial score (nSPS) is 11.0. The van der Waals surface area contributed by atoms with Crippen molar-refractivity contribution < 1.29 is 4.39 Å². The minimum Gasteiger partial charge on any atom is -0.358 e. The summed E-state index contributed by atoms with van der Waals surface area (Å²) in [6.45, 7) is 2.02. The van der Waals surface area contributed by atoms with Gasteiger partial charge in [-0.15, -0.1) is 0 Å². The predicted octanol–water partition coefficient (Wildman–Crippen LogP) is 3.52. The van der Waals surface area contributed by atoms with Crippen molar-refractivity contribution in [2.75, 3.05) is 0 Å². The monoisotopic (exact) mass is 197 g/mol. The van der Waals surface area contributed by atoms with Gasteiger partial charge in [-0.2, -0.15) is 0 Å². The summed E-state index contributed by atoms with van der Waals surface area (Å²) in [4.78, 5) is 2.89. The molecular weight excluding hydrogens is 189 g/mol. The van der Waals surface area contributed by atoms with Crippen molar-refractivity contribution in [1.29, 1.82) is 0 Å². The summed E-state index contributed by atoms with van der Waals surface area (Å²) in [5.74, 6) is -0.251. The van der Waals surface area contributed by atoms with E-state index in [-0.39, 0.29) is 5.82 Å². The molecule has 0 saturated heterocycles.